The predicted octanol–water partition coefficient (Wildman–Crippen LogP) is 4.66. The molecule has 1 aromatic carbocycles. The molecule has 0 saturated heterocycles. The molecule has 11 heteroatoms. The Hall–Kier alpha value is -3.42. The van der Waals surface area contributed by atoms with Gasteiger partial charge < -0.3 is 4.57 Å². The number of aryl methyl sites for hydroxylation is 1. The number of alkyl halides is 3. The van der Waals surface area contributed by atoms with Crippen molar-refractivity contribution in [1.29, 1.82) is 5.26 Å². The second-order valence-corrected chi connectivity index (χ2v) is 8.91. The zero-order chi connectivity index (χ0) is 23.7. The van der Waals surface area contributed by atoms with Gasteiger partial charge in [-0.05, 0) is 48.5 Å². The molecule has 0 aliphatic heterocycles. The van der Waals surface area contributed by atoms with Crippen LogP contribution >= 0.6 is 11.6 Å². The van der Waals surface area contributed by atoms with Crippen LogP contribution in [-0.2, 0) is 23.1 Å². The second kappa shape index (κ2) is 8.61. The second-order valence-electron chi connectivity index (χ2n) is 6.61. The van der Waals surface area contributed by atoms with Crippen LogP contribution in [0.25, 0.3) is 6.08 Å². The number of sulfone groups is 1. The predicted molar refractivity (Wildman–Crippen MR) is 110 cm³/mol. The first-order valence-electron chi connectivity index (χ1n) is 8.80. The number of pyridine rings is 1. The molecule has 6 nitrogen and oxygen atoms in total. The van der Waals surface area contributed by atoms with Crippen molar-refractivity contribution in [2.75, 3.05) is 0 Å². The fraction of sp³-hybridized carbons (Fsp3) is 0.0952. The number of allylic oxidation sites excluding steroid dienone is 1. The smallest absolute Gasteiger partial charge is 0.350 e. The Bertz CT molecular complexity index is 1350. The van der Waals surface area contributed by atoms with Crippen molar-refractivity contribution in [3.63, 3.8) is 0 Å². The van der Waals surface area contributed by atoms with Crippen LogP contribution in [0.5, 0.6) is 0 Å². The molecule has 0 N–H and O–H groups in total. The number of hydrogen-bond acceptors (Lipinski definition) is 5. The molecule has 0 aliphatic carbocycles. The normalized spacial score (nSPS) is 12.4. The number of nitriles is 1. The molecule has 32 heavy (non-hydrogen) atoms. The van der Waals surface area contributed by atoms with E-state index in [1.165, 1.54) is 35.0 Å². The van der Waals surface area contributed by atoms with Gasteiger partial charge in [0.15, 0.2) is 15.7 Å². The number of aromatic nitrogens is 2. The lowest BCUT2D eigenvalue weighted by Gasteiger charge is -2.07. The fourth-order valence-corrected chi connectivity index (χ4v) is 3.93. The van der Waals surface area contributed by atoms with E-state index in [-0.39, 0.29) is 17.0 Å². The molecule has 0 atom stereocenters. The molecule has 0 unspecified atom stereocenters. The van der Waals surface area contributed by atoms with Gasteiger partial charge in [0.25, 0.3) is 0 Å². The zero-order valence-electron chi connectivity index (χ0n) is 16.3. The van der Waals surface area contributed by atoms with E-state index in [4.69, 9.17) is 11.6 Å². The molecule has 0 bridgehead atoms. The maximum Gasteiger partial charge on any atom is 0.417 e. The highest BCUT2D eigenvalue weighted by atomic mass is 35.5. The maximum atomic E-state index is 12.7. The van der Waals surface area contributed by atoms with Crippen LogP contribution in [0.15, 0.2) is 64.8 Å². The Morgan fingerprint density at radius 3 is 2.34 bits per heavy atom. The van der Waals surface area contributed by atoms with E-state index in [0.717, 1.165) is 6.08 Å². The molecule has 3 aromatic rings. The van der Waals surface area contributed by atoms with E-state index in [1.54, 1.807) is 19.2 Å². The van der Waals surface area contributed by atoms with Crippen molar-refractivity contribution >= 4 is 33.3 Å². The SMILES string of the molecule is Cn1cc(C(=O)c2ccc(Cl)cc2)cc1/C=C(\C#N)S(=O)(=O)c1ccc(C(F)(F)F)cn1. The molecule has 0 amide bonds. The van der Waals surface area contributed by atoms with Gasteiger partial charge >= 0.3 is 6.18 Å². The average molecular weight is 480 g/mol. The summed E-state index contributed by atoms with van der Waals surface area (Å²) in [5.74, 6) is -0.345. The van der Waals surface area contributed by atoms with E-state index >= 15 is 0 Å². The minimum absolute atomic E-state index is 0.217. The maximum absolute atomic E-state index is 12.7. The summed E-state index contributed by atoms with van der Waals surface area (Å²) in [6.07, 6.45) is -1.82. The van der Waals surface area contributed by atoms with Crippen LogP contribution < -0.4 is 0 Å². The first-order chi connectivity index (χ1) is 14.9. The molecule has 0 saturated carbocycles. The first kappa shape index (κ1) is 23.2. The number of halogens is 4. The van der Waals surface area contributed by atoms with Crippen molar-refractivity contribution in [3.8, 4) is 6.07 Å². The van der Waals surface area contributed by atoms with Gasteiger partial charge in [-0.25, -0.2) is 13.4 Å². The summed E-state index contributed by atoms with van der Waals surface area (Å²) in [6.45, 7) is 0. The van der Waals surface area contributed by atoms with Gasteiger partial charge in [0, 0.05) is 41.3 Å². The Balaban J connectivity index is 1.96. The number of carbonyl (C=O) groups excluding carboxylic acids is 1. The summed E-state index contributed by atoms with van der Waals surface area (Å²) in [5, 5.41) is 9.14. The molecule has 0 fully saturated rings. The average Bonchev–Trinajstić information content (AvgIpc) is 3.11. The third kappa shape index (κ3) is 4.74. The Labute approximate surface area is 186 Å². The zero-order valence-corrected chi connectivity index (χ0v) is 17.8. The summed E-state index contributed by atoms with van der Waals surface area (Å²) < 4.78 is 64.9. The van der Waals surface area contributed by atoms with Crippen LogP contribution in [0, 0.1) is 11.3 Å². The van der Waals surface area contributed by atoms with E-state index in [2.05, 4.69) is 4.98 Å². The van der Waals surface area contributed by atoms with Crippen LogP contribution in [0.4, 0.5) is 13.2 Å². The van der Waals surface area contributed by atoms with Gasteiger partial charge in [0.2, 0.25) is 9.84 Å². The number of benzene rings is 1. The largest absolute Gasteiger partial charge is 0.417 e. The molecule has 3 rings (SSSR count). The van der Waals surface area contributed by atoms with Crippen molar-refractivity contribution in [2.45, 2.75) is 11.2 Å². The van der Waals surface area contributed by atoms with Crippen molar-refractivity contribution in [1.82, 2.24) is 9.55 Å². The first-order valence-corrected chi connectivity index (χ1v) is 10.7. The van der Waals surface area contributed by atoms with Gasteiger partial charge in [-0.15, -0.1) is 0 Å². The summed E-state index contributed by atoms with van der Waals surface area (Å²) in [6, 6.07) is 10.4. The number of carbonyl (C=O) groups is 1. The van der Waals surface area contributed by atoms with Gasteiger partial charge in [-0.1, -0.05) is 11.6 Å². The van der Waals surface area contributed by atoms with Gasteiger partial charge in [0.1, 0.15) is 6.07 Å². The minimum atomic E-state index is -4.68. The van der Waals surface area contributed by atoms with Crippen molar-refractivity contribution < 1.29 is 26.4 Å². The van der Waals surface area contributed by atoms with Gasteiger partial charge in [-0.2, -0.15) is 18.4 Å². The Kier molecular flexibility index (Phi) is 6.25. The molecular weight excluding hydrogens is 467 g/mol. The highest BCUT2D eigenvalue weighted by molar-refractivity contribution is 7.95. The molecule has 2 aromatic heterocycles. The summed E-state index contributed by atoms with van der Waals surface area (Å²) >= 11 is 5.82. The quantitative estimate of drug-likeness (QED) is 0.392. The topological polar surface area (TPSA) is 92.8 Å². The Morgan fingerprint density at radius 2 is 1.81 bits per heavy atom. The third-order valence-corrected chi connectivity index (χ3v) is 6.26. The van der Waals surface area contributed by atoms with Crippen molar-refractivity contribution in [2.24, 2.45) is 7.05 Å². The third-order valence-electron chi connectivity index (χ3n) is 4.43. The molecular formula is C21H13ClF3N3O3S. The summed E-state index contributed by atoms with van der Waals surface area (Å²) in [7, 11) is -2.94. The summed E-state index contributed by atoms with van der Waals surface area (Å²) in [5.41, 5.74) is -0.304. The fourth-order valence-electron chi connectivity index (χ4n) is 2.74. The van der Waals surface area contributed by atoms with Gasteiger partial charge in [-0.3, -0.25) is 4.79 Å². The van der Waals surface area contributed by atoms with E-state index < -0.39 is 31.5 Å². The van der Waals surface area contributed by atoms with E-state index in [9.17, 15) is 31.6 Å². The highest BCUT2D eigenvalue weighted by Gasteiger charge is 2.32. The number of ketones is 1. The lowest BCUT2D eigenvalue weighted by molar-refractivity contribution is -0.137. The number of nitrogens with zero attached hydrogens (tertiary/aromatic N) is 3. The highest BCUT2D eigenvalue weighted by Crippen LogP contribution is 2.30. The lowest BCUT2D eigenvalue weighted by atomic mass is 10.1. The van der Waals surface area contributed by atoms with Gasteiger partial charge in [0.05, 0.1) is 5.56 Å². The van der Waals surface area contributed by atoms with Crippen LogP contribution in [-0.4, -0.2) is 23.8 Å². The molecule has 0 spiro atoms. The molecule has 2 heterocycles. The van der Waals surface area contributed by atoms with E-state index in [0.29, 0.717) is 28.9 Å². The molecule has 164 valence electrons. The monoisotopic (exact) mass is 479 g/mol. The van der Waals surface area contributed by atoms with Crippen molar-refractivity contribution in [3.05, 3.63) is 87.2 Å². The standard InChI is InChI=1S/C21H13ClF3N3O3S/c1-28-12-14(20(29)13-2-5-16(22)6-3-13)8-17(28)9-18(10-26)32(30,31)19-7-4-15(11-27-19)21(23,24)25/h2-9,11-12H,1H3/b18-9+. The minimum Gasteiger partial charge on any atom is -0.350 e. The van der Waals surface area contributed by atoms with Crippen LogP contribution in [0.1, 0.15) is 27.2 Å². The van der Waals surface area contributed by atoms with Crippen LogP contribution in [0.2, 0.25) is 5.02 Å². The molecule has 0 aliphatic rings. The molecule has 0 radical (unpaired) electrons. The lowest BCUT2D eigenvalue weighted by Crippen LogP contribution is -2.10. The van der Waals surface area contributed by atoms with Crippen LogP contribution in [0.3, 0.4) is 0 Å². The van der Waals surface area contributed by atoms with E-state index in [1.807, 2.05) is 0 Å². The summed E-state index contributed by atoms with van der Waals surface area (Å²) in [4.78, 5) is 15.3. The number of rotatable bonds is 5. The Morgan fingerprint density at radius 1 is 1.16 bits per heavy atom. The number of hydrogen-bond donors (Lipinski definition) is 0.